The van der Waals surface area contributed by atoms with Gasteiger partial charge in [0.05, 0.1) is 25.7 Å². The van der Waals surface area contributed by atoms with Crippen LogP contribution in [0.5, 0.6) is 11.5 Å². The summed E-state index contributed by atoms with van der Waals surface area (Å²) in [6.45, 7) is 0.507. The fourth-order valence-corrected chi connectivity index (χ4v) is 5.24. The molecular formula is C31H25F4N5O4. The van der Waals surface area contributed by atoms with Gasteiger partial charge in [-0.25, -0.2) is 14.4 Å². The molecule has 226 valence electrons. The number of ether oxygens (including phenoxy) is 2. The highest BCUT2D eigenvalue weighted by Gasteiger charge is 2.57. The summed E-state index contributed by atoms with van der Waals surface area (Å²) in [6, 6.07) is 12.3. The highest BCUT2D eigenvalue weighted by molar-refractivity contribution is 5.99. The second kappa shape index (κ2) is 10.6. The fourth-order valence-electron chi connectivity index (χ4n) is 5.24. The lowest BCUT2D eigenvalue weighted by Crippen LogP contribution is -2.51. The minimum atomic E-state index is -5.28. The quantitative estimate of drug-likeness (QED) is 0.251. The van der Waals surface area contributed by atoms with E-state index in [-0.39, 0.29) is 34.9 Å². The Kier molecular flexibility index (Phi) is 7.00. The van der Waals surface area contributed by atoms with Gasteiger partial charge in [-0.1, -0.05) is 6.07 Å². The Morgan fingerprint density at radius 1 is 1.16 bits per heavy atom. The molecule has 1 aliphatic heterocycles. The van der Waals surface area contributed by atoms with E-state index in [1.807, 2.05) is 0 Å². The van der Waals surface area contributed by atoms with Crippen molar-refractivity contribution in [1.29, 1.82) is 0 Å². The van der Waals surface area contributed by atoms with Crippen LogP contribution in [0.3, 0.4) is 0 Å². The van der Waals surface area contributed by atoms with Crippen molar-refractivity contribution in [3.05, 3.63) is 102 Å². The molecule has 0 radical (unpaired) electrons. The van der Waals surface area contributed by atoms with Crippen molar-refractivity contribution in [2.24, 2.45) is 0 Å². The number of aromatic nitrogens is 4. The lowest BCUT2D eigenvalue weighted by atomic mass is 9.88. The summed E-state index contributed by atoms with van der Waals surface area (Å²) in [4.78, 5) is 25.7. The number of hydrogen-bond acceptors (Lipinski definition) is 7. The largest absolute Gasteiger partial charge is 0.494 e. The van der Waals surface area contributed by atoms with Gasteiger partial charge in [0.25, 0.3) is 5.91 Å². The minimum absolute atomic E-state index is 0.00173. The molecule has 4 heterocycles. The van der Waals surface area contributed by atoms with E-state index >= 15 is 0 Å². The van der Waals surface area contributed by atoms with Crippen LogP contribution in [0, 0.1) is 5.82 Å². The molecule has 44 heavy (non-hydrogen) atoms. The molecule has 0 saturated carbocycles. The molecule has 2 N–H and O–H groups in total. The summed E-state index contributed by atoms with van der Waals surface area (Å²) < 4.78 is 71.1. The number of fused-ring (bicyclic) bond motifs is 2. The van der Waals surface area contributed by atoms with Crippen molar-refractivity contribution in [1.82, 2.24) is 24.8 Å². The molecule has 0 aliphatic carbocycles. The monoisotopic (exact) mass is 607 g/mol. The lowest BCUT2D eigenvalue weighted by molar-refractivity contribution is -0.265. The van der Waals surface area contributed by atoms with Crippen LogP contribution in [0.25, 0.3) is 22.2 Å². The minimum Gasteiger partial charge on any atom is -0.494 e. The van der Waals surface area contributed by atoms with Crippen LogP contribution in [-0.4, -0.2) is 57.0 Å². The molecule has 0 unspecified atom stereocenters. The predicted octanol–water partition coefficient (Wildman–Crippen LogP) is 4.98. The number of methoxy groups -OCH3 is 1. The van der Waals surface area contributed by atoms with Crippen LogP contribution in [0.1, 0.15) is 28.5 Å². The molecule has 5 aromatic rings. The van der Waals surface area contributed by atoms with E-state index in [4.69, 9.17) is 9.47 Å². The maximum Gasteiger partial charge on any atom is 0.424 e. The second-order valence-electron chi connectivity index (χ2n) is 10.6. The molecule has 9 nitrogen and oxygen atoms in total. The third-order valence-electron chi connectivity index (χ3n) is 7.79. The Bertz CT molecular complexity index is 1860. The van der Waals surface area contributed by atoms with Gasteiger partial charge in [0.2, 0.25) is 5.60 Å². The summed E-state index contributed by atoms with van der Waals surface area (Å²) in [7, 11) is 1.38. The number of halogens is 4. The average molecular weight is 608 g/mol. The first-order valence-corrected chi connectivity index (χ1v) is 13.4. The molecule has 13 heteroatoms. The first-order valence-electron chi connectivity index (χ1n) is 13.4. The molecular weight excluding hydrogens is 582 g/mol. The number of pyridine rings is 2. The van der Waals surface area contributed by atoms with Gasteiger partial charge in [-0.15, -0.1) is 0 Å². The van der Waals surface area contributed by atoms with Crippen LogP contribution in [-0.2, 0) is 11.1 Å². The van der Waals surface area contributed by atoms with Crippen LogP contribution < -0.4 is 14.8 Å². The van der Waals surface area contributed by atoms with Crippen molar-refractivity contribution in [3.8, 4) is 22.8 Å². The number of imidazole rings is 1. The van der Waals surface area contributed by atoms with Crippen LogP contribution in [0.15, 0.2) is 79.5 Å². The number of alkyl halides is 3. The van der Waals surface area contributed by atoms with E-state index in [9.17, 15) is 27.5 Å². The Morgan fingerprint density at radius 2 is 1.93 bits per heavy atom. The van der Waals surface area contributed by atoms with Crippen LogP contribution in [0.4, 0.5) is 17.6 Å². The zero-order valence-electron chi connectivity index (χ0n) is 23.4. The van der Waals surface area contributed by atoms with E-state index in [1.165, 1.54) is 43.9 Å². The smallest absolute Gasteiger partial charge is 0.424 e. The van der Waals surface area contributed by atoms with Crippen LogP contribution in [0.2, 0.25) is 0 Å². The molecule has 3 aromatic heterocycles. The van der Waals surface area contributed by atoms with Crippen molar-refractivity contribution in [3.63, 3.8) is 0 Å². The highest BCUT2D eigenvalue weighted by atomic mass is 19.4. The average Bonchev–Trinajstić information content (AvgIpc) is 3.68. The van der Waals surface area contributed by atoms with Gasteiger partial charge in [-0.2, -0.15) is 13.2 Å². The highest BCUT2D eigenvalue weighted by Crippen LogP contribution is 2.48. The van der Waals surface area contributed by atoms with E-state index < -0.39 is 41.3 Å². The number of carbonyl (C=O) groups is 1. The Labute approximate surface area is 248 Å². The predicted molar refractivity (Wildman–Crippen MR) is 151 cm³/mol. The topological polar surface area (TPSA) is 111 Å². The summed E-state index contributed by atoms with van der Waals surface area (Å²) in [5.74, 6) is -1.01. The van der Waals surface area contributed by atoms with Gasteiger partial charge in [0.15, 0.2) is 5.75 Å². The molecule has 0 spiro atoms. The number of benzene rings is 2. The first kappa shape index (κ1) is 29.1. The normalized spacial score (nSPS) is 17.5. The number of hydrogen-bond donors (Lipinski definition) is 2. The first-order chi connectivity index (χ1) is 20.9. The Balaban J connectivity index is 1.44. The number of amides is 1. The van der Waals surface area contributed by atoms with Gasteiger partial charge >= 0.3 is 6.18 Å². The number of nitrogens with zero attached hydrogens (tertiary/aromatic N) is 4. The second-order valence-corrected chi connectivity index (χ2v) is 10.6. The number of aliphatic hydroxyl groups is 1. The van der Waals surface area contributed by atoms with Gasteiger partial charge in [0, 0.05) is 40.7 Å². The van der Waals surface area contributed by atoms with Gasteiger partial charge in [-0.3, -0.25) is 9.78 Å². The SMILES string of the molecule is COc1cc(C(=O)NC[C@](O)(c2cc3c(c(-c4ccc(F)cc4)n2)OC[C@]3(C)n2ccnc2)C(F)(F)F)cc2cccnc12. The molecule has 0 bridgehead atoms. The summed E-state index contributed by atoms with van der Waals surface area (Å²) >= 11 is 0. The van der Waals surface area contributed by atoms with Gasteiger partial charge in [-0.05, 0) is 55.5 Å². The third-order valence-corrected chi connectivity index (χ3v) is 7.79. The molecule has 6 rings (SSSR count). The maximum absolute atomic E-state index is 14.8. The lowest BCUT2D eigenvalue weighted by Gasteiger charge is -2.32. The molecule has 1 aliphatic rings. The van der Waals surface area contributed by atoms with E-state index in [0.29, 0.717) is 16.5 Å². The number of rotatable bonds is 7. The van der Waals surface area contributed by atoms with Crippen molar-refractivity contribution >= 4 is 16.8 Å². The van der Waals surface area contributed by atoms with Crippen molar-refractivity contribution < 1.29 is 36.9 Å². The molecule has 0 saturated heterocycles. The third kappa shape index (κ3) is 4.78. The van der Waals surface area contributed by atoms with Crippen molar-refractivity contribution in [2.75, 3.05) is 20.3 Å². The number of carbonyl (C=O) groups excluding carboxylic acids is 1. The van der Waals surface area contributed by atoms with E-state index in [0.717, 1.165) is 18.2 Å². The zero-order valence-corrected chi connectivity index (χ0v) is 23.4. The zero-order chi connectivity index (χ0) is 31.3. The van der Waals surface area contributed by atoms with E-state index in [1.54, 1.807) is 36.0 Å². The van der Waals surface area contributed by atoms with Gasteiger partial charge < -0.3 is 24.5 Å². The van der Waals surface area contributed by atoms with E-state index in [2.05, 4.69) is 20.3 Å². The van der Waals surface area contributed by atoms with Crippen LogP contribution >= 0.6 is 0 Å². The summed E-state index contributed by atoms with van der Waals surface area (Å²) in [6.07, 6.45) is 0.920. The Morgan fingerprint density at radius 3 is 2.61 bits per heavy atom. The standard InChI is InChI=1S/C31H25F4N5O4/c1-29(40-11-10-36-17-40)16-44-27-22(29)14-24(39-26(27)18-5-7-21(32)8-6-18)30(42,31(33,34)35)15-38-28(41)20-12-19-4-3-9-37-25(19)23(13-20)43-2/h3-14,17,42H,15-16H2,1-2H3,(H,38,41)/t29-,30-/m0/s1. The maximum atomic E-state index is 14.8. The summed E-state index contributed by atoms with van der Waals surface area (Å²) in [5, 5.41) is 14.1. The van der Waals surface area contributed by atoms with Crippen molar-refractivity contribution in [2.45, 2.75) is 24.2 Å². The fraction of sp³-hybridized carbons (Fsp3) is 0.226. The molecule has 2 atom stereocenters. The Hall–Kier alpha value is -5.04. The van der Waals surface area contributed by atoms with Gasteiger partial charge in [0.1, 0.15) is 34.9 Å². The molecule has 0 fully saturated rings. The summed E-state index contributed by atoms with van der Waals surface area (Å²) in [5.41, 5.74) is -4.43. The molecule has 2 aromatic carbocycles. The number of nitrogens with one attached hydrogen (secondary N) is 1. The molecule has 1 amide bonds.